The normalized spacial score (nSPS) is 21.0. The van der Waals surface area contributed by atoms with Gasteiger partial charge in [-0.2, -0.15) is 5.10 Å². The van der Waals surface area contributed by atoms with Gasteiger partial charge in [0.05, 0.1) is 55.3 Å². The van der Waals surface area contributed by atoms with Gasteiger partial charge in [0.1, 0.15) is 17.2 Å². The fraction of sp³-hybridized carbons (Fsp3) is 0.438. The maximum absolute atomic E-state index is 13.4. The molecule has 0 radical (unpaired) electrons. The Morgan fingerprint density at radius 3 is 2.55 bits per heavy atom. The number of phenols is 2. The summed E-state index contributed by atoms with van der Waals surface area (Å²) in [6, 6.07) is 4.63. The van der Waals surface area contributed by atoms with Gasteiger partial charge in [0, 0.05) is 22.6 Å². The first kappa shape index (κ1) is 29.5. The molecule has 2 aromatic rings. The van der Waals surface area contributed by atoms with Gasteiger partial charge in [-0.1, -0.05) is 24.3 Å². The summed E-state index contributed by atoms with van der Waals surface area (Å²) in [5.74, 6) is -2.37. The van der Waals surface area contributed by atoms with Gasteiger partial charge in [0.2, 0.25) is 11.7 Å². The Morgan fingerprint density at radius 1 is 1.00 bits per heavy atom. The molecule has 0 saturated carbocycles. The van der Waals surface area contributed by atoms with E-state index in [0.717, 1.165) is 32.1 Å². The number of nitrogens with zero attached hydrogens (tertiary/aromatic N) is 1. The van der Waals surface area contributed by atoms with Crippen LogP contribution in [0, 0.1) is 5.92 Å². The number of hydrogen-bond acceptors (Lipinski definition) is 9. The second-order valence-corrected chi connectivity index (χ2v) is 10.9. The fourth-order valence-electron chi connectivity index (χ4n) is 6.15. The molecule has 0 aromatic heterocycles. The average Bonchev–Trinajstić information content (AvgIpc) is 2.98. The number of carbonyl (C=O) groups is 3. The first-order valence-electron chi connectivity index (χ1n) is 14.4. The lowest BCUT2D eigenvalue weighted by atomic mass is 9.74. The highest BCUT2D eigenvalue weighted by Gasteiger charge is 2.40. The van der Waals surface area contributed by atoms with Crippen LogP contribution in [0.15, 0.2) is 35.5 Å². The van der Waals surface area contributed by atoms with E-state index in [1.165, 1.54) is 13.2 Å². The van der Waals surface area contributed by atoms with Crippen LogP contribution < -0.4 is 10.2 Å². The number of ether oxygens (including phenoxy) is 2. The number of phenolic OH excluding ortho intramolecular Hbond substituents is 2. The molecule has 5 rings (SSSR count). The predicted molar refractivity (Wildman–Crippen MR) is 154 cm³/mol. The molecular formula is C32H36N2O8. The number of aromatic hydroxyl groups is 2. The van der Waals surface area contributed by atoms with Crippen LogP contribution in [0.4, 0.5) is 0 Å². The SMILES string of the molecule is COc1cccc2c1C(=O)c1c(O)c3c(c(O)c1C2=O)CC(/C(CO)=N\NC(=O)CCOC1CC/C=C/CCC1)CC3. The van der Waals surface area contributed by atoms with Gasteiger partial charge in [-0.05, 0) is 57.4 Å². The number of benzene rings is 2. The number of amides is 1. The van der Waals surface area contributed by atoms with Crippen molar-refractivity contribution in [1.82, 2.24) is 5.43 Å². The number of aliphatic hydroxyl groups excluding tert-OH is 1. The van der Waals surface area contributed by atoms with Crippen molar-refractivity contribution in [2.45, 2.75) is 63.9 Å². The van der Waals surface area contributed by atoms with E-state index in [2.05, 4.69) is 22.7 Å². The summed E-state index contributed by atoms with van der Waals surface area (Å²) in [5.41, 5.74) is 3.19. The Balaban J connectivity index is 1.30. The number of fused-ring (bicyclic) bond motifs is 3. The first-order chi connectivity index (χ1) is 20.3. The molecule has 3 aliphatic carbocycles. The van der Waals surface area contributed by atoms with E-state index < -0.39 is 18.2 Å². The summed E-state index contributed by atoms with van der Waals surface area (Å²) in [4.78, 5) is 39.3. The Kier molecular flexibility index (Phi) is 9.03. The average molecular weight is 577 g/mol. The number of methoxy groups -OCH3 is 1. The zero-order valence-electron chi connectivity index (χ0n) is 23.6. The second-order valence-electron chi connectivity index (χ2n) is 10.9. The van der Waals surface area contributed by atoms with Crippen molar-refractivity contribution < 1.29 is 39.2 Å². The van der Waals surface area contributed by atoms with Crippen LogP contribution in [0.3, 0.4) is 0 Å². The third-order valence-electron chi connectivity index (χ3n) is 8.38. The third kappa shape index (κ3) is 5.69. The summed E-state index contributed by atoms with van der Waals surface area (Å²) in [5, 5.41) is 36.7. The molecule has 2 unspecified atom stereocenters. The van der Waals surface area contributed by atoms with Crippen LogP contribution >= 0.6 is 0 Å². The molecule has 0 heterocycles. The molecule has 0 saturated heterocycles. The van der Waals surface area contributed by atoms with Crippen LogP contribution in [-0.4, -0.2) is 64.9 Å². The number of aliphatic hydroxyl groups is 1. The number of ketones is 2. The summed E-state index contributed by atoms with van der Waals surface area (Å²) < 4.78 is 11.2. The van der Waals surface area contributed by atoms with Crippen molar-refractivity contribution in [3.05, 3.63) is 63.7 Å². The quantitative estimate of drug-likeness (QED) is 0.137. The molecular weight excluding hydrogens is 540 g/mol. The van der Waals surface area contributed by atoms with Gasteiger partial charge in [-0.25, -0.2) is 5.43 Å². The molecule has 0 fully saturated rings. The van der Waals surface area contributed by atoms with E-state index in [1.54, 1.807) is 12.1 Å². The van der Waals surface area contributed by atoms with Crippen molar-refractivity contribution in [1.29, 1.82) is 0 Å². The lowest BCUT2D eigenvalue weighted by molar-refractivity contribution is -0.122. The maximum atomic E-state index is 13.4. The standard InChI is InChI=1S/C32H36N2O8/c1-41-24-11-7-10-21-26(24)32(40)28-27(30(21)38)31(39)22-16-18(12-13-20(22)29(28)37)23(17-35)33-34-25(36)14-15-42-19-8-5-3-2-4-6-9-19/h2-3,7,10-11,18-19,35,37,39H,4-6,8-9,12-17H2,1H3,(H,34,36)/b3-2+,33-23-. The number of allylic oxidation sites excluding steroid dienone is 2. The summed E-state index contributed by atoms with van der Waals surface area (Å²) in [7, 11) is 1.39. The zero-order chi connectivity index (χ0) is 29.8. The third-order valence-corrected chi connectivity index (χ3v) is 8.38. The molecule has 4 N–H and O–H groups in total. The lowest BCUT2D eigenvalue weighted by Gasteiger charge is -2.30. The van der Waals surface area contributed by atoms with Crippen LogP contribution in [0.5, 0.6) is 17.2 Å². The van der Waals surface area contributed by atoms with Gasteiger partial charge in [-0.3, -0.25) is 14.4 Å². The van der Waals surface area contributed by atoms with Gasteiger partial charge < -0.3 is 24.8 Å². The molecule has 42 heavy (non-hydrogen) atoms. The molecule has 222 valence electrons. The summed E-state index contributed by atoms with van der Waals surface area (Å²) in [6.07, 6.45) is 10.5. The summed E-state index contributed by atoms with van der Waals surface area (Å²) in [6.45, 7) is -0.143. The van der Waals surface area contributed by atoms with E-state index in [4.69, 9.17) is 9.47 Å². The monoisotopic (exact) mass is 576 g/mol. The molecule has 0 bridgehead atoms. The largest absolute Gasteiger partial charge is 0.507 e. The topological polar surface area (TPSA) is 155 Å². The molecule has 10 nitrogen and oxygen atoms in total. The summed E-state index contributed by atoms with van der Waals surface area (Å²) >= 11 is 0. The molecule has 1 amide bonds. The van der Waals surface area contributed by atoms with E-state index in [-0.39, 0.29) is 83.3 Å². The van der Waals surface area contributed by atoms with E-state index >= 15 is 0 Å². The van der Waals surface area contributed by atoms with Crippen LogP contribution in [0.25, 0.3) is 0 Å². The highest BCUT2D eigenvalue weighted by atomic mass is 16.5. The number of hydrogen-bond donors (Lipinski definition) is 4. The van der Waals surface area contributed by atoms with Crippen molar-refractivity contribution in [3.8, 4) is 17.2 Å². The smallest absolute Gasteiger partial charge is 0.242 e. The molecule has 0 spiro atoms. The Bertz CT molecular complexity index is 1460. The maximum Gasteiger partial charge on any atom is 0.242 e. The van der Waals surface area contributed by atoms with E-state index in [9.17, 15) is 29.7 Å². The minimum atomic E-state index is -0.592. The minimum absolute atomic E-state index is 0.0542. The minimum Gasteiger partial charge on any atom is -0.507 e. The van der Waals surface area contributed by atoms with Crippen molar-refractivity contribution in [2.75, 3.05) is 20.3 Å². The first-order valence-corrected chi connectivity index (χ1v) is 14.4. The Morgan fingerprint density at radius 2 is 1.76 bits per heavy atom. The Hall–Kier alpha value is -4.02. The molecule has 2 aromatic carbocycles. The number of carbonyl (C=O) groups excluding carboxylic acids is 3. The highest BCUT2D eigenvalue weighted by molar-refractivity contribution is 6.31. The second kappa shape index (κ2) is 12.9. The highest BCUT2D eigenvalue weighted by Crippen LogP contribution is 2.47. The zero-order valence-corrected chi connectivity index (χ0v) is 23.6. The number of rotatable bonds is 8. The lowest BCUT2D eigenvalue weighted by Crippen LogP contribution is -2.31. The number of hydrazone groups is 1. The number of nitrogens with one attached hydrogen (secondary N) is 1. The predicted octanol–water partition coefficient (Wildman–Crippen LogP) is 3.75. The van der Waals surface area contributed by atoms with Crippen LogP contribution in [0.1, 0.15) is 87.9 Å². The van der Waals surface area contributed by atoms with Gasteiger partial charge >= 0.3 is 0 Å². The molecule has 3 aliphatic rings. The van der Waals surface area contributed by atoms with E-state index in [1.807, 2.05) is 0 Å². The molecule has 2 atom stereocenters. The van der Waals surface area contributed by atoms with Crippen LogP contribution in [-0.2, 0) is 22.4 Å². The fourth-order valence-corrected chi connectivity index (χ4v) is 6.15. The van der Waals surface area contributed by atoms with Gasteiger partial charge in [0.15, 0.2) is 5.78 Å². The molecule has 0 aliphatic heterocycles. The van der Waals surface area contributed by atoms with Crippen LogP contribution in [0.2, 0.25) is 0 Å². The Labute approximate surface area is 244 Å². The van der Waals surface area contributed by atoms with Gasteiger partial charge in [-0.15, -0.1) is 0 Å². The van der Waals surface area contributed by atoms with Crippen molar-refractivity contribution in [2.24, 2.45) is 11.0 Å². The molecule has 10 heteroatoms. The van der Waals surface area contributed by atoms with Crippen molar-refractivity contribution >= 4 is 23.2 Å². The van der Waals surface area contributed by atoms with Gasteiger partial charge in [0.25, 0.3) is 0 Å². The van der Waals surface area contributed by atoms with E-state index in [0.29, 0.717) is 23.3 Å². The van der Waals surface area contributed by atoms with Crippen molar-refractivity contribution in [3.63, 3.8) is 0 Å².